The molecule has 19 heavy (non-hydrogen) atoms. The Labute approximate surface area is 119 Å². The summed E-state index contributed by atoms with van der Waals surface area (Å²) < 4.78 is 27.3. The van der Waals surface area contributed by atoms with Crippen LogP contribution in [0.25, 0.3) is 0 Å². The number of nitrogens with zero attached hydrogens (tertiary/aromatic N) is 1. The summed E-state index contributed by atoms with van der Waals surface area (Å²) in [6, 6.07) is 7.55. The second-order valence-corrected chi connectivity index (χ2v) is 4.96. The maximum Gasteiger partial charge on any atom is 0.147 e. The van der Waals surface area contributed by atoms with Gasteiger partial charge in [0.15, 0.2) is 0 Å². The molecule has 0 fully saturated rings. The van der Waals surface area contributed by atoms with Gasteiger partial charge in [0.25, 0.3) is 0 Å². The number of para-hydroxylation sites is 1. The molecule has 1 unspecified atom stereocenters. The smallest absolute Gasteiger partial charge is 0.147 e. The summed E-state index contributed by atoms with van der Waals surface area (Å²) in [5, 5.41) is 3.09. The van der Waals surface area contributed by atoms with E-state index in [4.69, 9.17) is 0 Å². The van der Waals surface area contributed by atoms with Gasteiger partial charge in [0, 0.05) is 4.47 Å². The number of benzene rings is 1. The summed E-state index contributed by atoms with van der Waals surface area (Å²) in [6.07, 6.45) is 1.87. The van der Waals surface area contributed by atoms with Gasteiger partial charge in [-0.15, -0.1) is 0 Å². The zero-order valence-electron chi connectivity index (χ0n) is 10.3. The molecule has 0 radical (unpaired) electrons. The van der Waals surface area contributed by atoms with Crippen LogP contribution in [0.3, 0.4) is 0 Å². The zero-order chi connectivity index (χ0) is 13.8. The van der Waals surface area contributed by atoms with Gasteiger partial charge in [-0.05, 0) is 46.6 Å². The third-order valence-electron chi connectivity index (χ3n) is 2.80. The normalized spacial score (nSPS) is 12.2. The quantitative estimate of drug-likeness (QED) is 0.881. The highest BCUT2D eigenvalue weighted by atomic mass is 79.9. The van der Waals surface area contributed by atoms with Crippen molar-refractivity contribution < 1.29 is 8.78 Å². The van der Waals surface area contributed by atoms with Crippen molar-refractivity contribution in [1.29, 1.82) is 0 Å². The van der Waals surface area contributed by atoms with E-state index in [0.717, 1.165) is 6.20 Å². The molecule has 1 aromatic heterocycles. The SMILES string of the molecule is CCC(Nc1c(F)cccc1Br)c1ccc(F)cn1. The van der Waals surface area contributed by atoms with Crippen LogP contribution in [0, 0.1) is 11.6 Å². The van der Waals surface area contributed by atoms with E-state index in [-0.39, 0.29) is 17.7 Å². The fourth-order valence-corrected chi connectivity index (χ4v) is 2.24. The van der Waals surface area contributed by atoms with Crippen LogP contribution in [0.15, 0.2) is 41.0 Å². The first-order valence-corrected chi connectivity index (χ1v) is 6.73. The van der Waals surface area contributed by atoms with Crippen molar-refractivity contribution in [3.63, 3.8) is 0 Å². The van der Waals surface area contributed by atoms with E-state index < -0.39 is 0 Å². The van der Waals surface area contributed by atoms with Gasteiger partial charge in [-0.2, -0.15) is 0 Å². The topological polar surface area (TPSA) is 24.9 Å². The van der Waals surface area contributed by atoms with Crippen LogP contribution in [0.5, 0.6) is 0 Å². The van der Waals surface area contributed by atoms with Crippen LogP contribution in [-0.4, -0.2) is 4.98 Å². The van der Waals surface area contributed by atoms with Crippen molar-refractivity contribution in [2.45, 2.75) is 19.4 Å². The van der Waals surface area contributed by atoms with E-state index in [9.17, 15) is 8.78 Å². The highest BCUT2D eigenvalue weighted by Crippen LogP contribution is 2.29. The number of hydrogen-bond donors (Lipinski definition) is 1. The summed E-state index contributed by atoms with van der Waals surface area (Å²) in [5.41, 5.74) is 1.07. The Balaban J connectivity index is 2.26. The van der Waals surface area contributed by atoms with Crippen LogP contribution in [-0.2, 0) is 0 Å². The van der Waals surface area contributed by atoms with Crippen molar-refractivity contribution >= 4 is 21.6 Å². The van der Waals surface area contributed by atoms with E-state index in [2.05, 4.69) is 26.2 Å². The summed E-state index contributed by atoms with van der Waals surface area (Å²) in [6.45, 7) is 1.96. The first kappa shape index (κ1) is 13.9. The Kier molecular flexibility index (Phi) is 4.47. The number of rotatable bonds is 4. The molecule has 2 rings (SSSR count). The molecular formula is C14H13BrF2N2. The molecule has 2 nitrogen and oxygen atoms in total. The molecule has 0 spiro atoms. The number of pyridine rings is 1. The number of nitrogens with one attached hydrogen (secondary N) is 1. The lowest BCUT2D eigenvalue weighted by molar-refractivity contribution is 0.609. The fraction of sp³-hybridized carbons (Fsp3) is 0.214. The van der Waals surface area contributed by atoms with E-state index >= 15 is 0 Å². The molecule has 100 valence electrons. The molecule has 2 aromatic rings. The molecule has 0 aliphatic heterocycles. The lowest BCUT2D eigenvalue weighted by Gasteiger charge is -2.19. The Hall–Kier alpha value is -1.49. The Morgan fingerprint density at radius 2 is 2.05 bits per heavy atom. The Morgan fingerprint density at radius 3 is 2.63 bits per heavy atom. The average Bonchev–Trinajstić information content (AvgIpc) is 2.40. The van der Waals surface area contributed by atoms with E-state index in [1.807, 2.05) is 6.92 Å². The van der Waals surface area contributed by atoms with Gasteiger partial charge in [0.2, 0.25) is 0 Å². The predicted molar refractivity (Wildman–Crippen MR) is 74.9 cm³/mol. The second kappa shape index (κ2) is 6.10. The van der Waals surface area contributed by atoms with Gasteiger partial charge in [-0.25, -0.2) is 8.78 Å². The molecule has 0 saturated carbocycles. The monoisotopic (exact) mass is 326 g/mol. The van der Waals surface area contributed by atoms with Crippen molar-refractivity contribution in [3.8, 4) is 0 Å². The number of aromatic nitrogens is 1. The Morgan fingerprint density at radius 1 is 1.26 bits per heavy atom. The number of halogens is 3. The molecule has 0 amide bonds. The number of hydrogen-bond acceptors (Lipinski definition) is 2. The summed E-state index contributed by atoms with van der Waals surface area (Å²) in [7, 11) is 0. The largest absolute Gasteiger partial charge is 0.373 e. The van der Waals surface area contributed by atoms with E-state index in [0.29, 0.717) is 22.3 Å². The Bertz CT molecular complexity index is 538. The standard InChI is InChI=1S/C14H13BrF2N2/c1-2-12(13-7-6-9(16)8-18-13)19-14-10(15)4-3-5-11(14)17/h3-8,12,19H,2H2,1H3. The van der Waals surface area contributed by atoms with Gasteiger partial charge >= 0.3 is 0 Å². The lowest BCUT2D eigenvalue weighted by atomic mass is 10.1. The highest BCUT2D eigenvalue weighted by Gasteiger charge is 2.14. The maximum absolute atomic E-state index is 13.8. The lowest BCUT2D eigenvalue weighted by Crippen LogP contribution is -2.12. The summed E-state index contributed by atoms with van der Waals surface area (Å²) in [4.78, 5) is 4.03. The summed E-state index contributed by atoms with van der Waals surface area (Å²) in [5.74, 6) is -0.722. The predicted octanol–water partition coefficient (Wildman–Crippen LogP) is 4.69. The molecule has 0 aliphatic rings. The van der Waals surface area contributed by atoms with Crippen molar-refractivity contribution in [3.05, 3.63) is 58.3 Å². The molecule has 0 bridgehead atoms. The van der Waals surface area contributed by atoms with Gasteiger partial charge in [-0.3, -0.25) is 4.98 Å². The molecule has 0 aliphatic carbocycles. The fourth-order valence-electron chi connectivity index (χ4n) is 1.79. The second-order valence-electron chi connectivity index (χ2n) is 4.10. The van der Waals surface area contributed by atoms with E-state index in [1.54, 1.807) is 18.2 Å². The van der Waals surface area contributed by atoms with Gasteiger partial charge in [0.1, 0.15) is 11.6 Å². The first-order chi connectivity index (χ1) is 9.11. The highest BCUT2D eigenvalue weighted by molar-refractivity contribution is 9.10. The van der Waals surface area contributed by atoms with Crippen LogP contribution in [0.4, 0.5) is 14.5 Å². The third kappa shape index (κ3) is 3.29. The van der Waals surface area contributed by atoms with Gasteiger partial charge in [-0.1, -0.05) is 13.0 Å². The molecule has 1 heterocycles. The third-order valence-corrected chi connectivity index (χ3v) is 3.46. The molecule has 1 atom stereocenters. The van der Waals surface area contributed by atoms with Crippen LogP contribution in [0.2, 0.25) is 0 Å². The van der Waals surface area contributed by atoms with Crippen molar-refractivity contribution in [2.24, 2.45) is 0 Å². The first-order valence-electron chi connectivity index (χ1n) is 5.93. The van der Waals surface area contributed by atoms with Gasteiger partial charge < -0.3 is 5.32 Å². The minimum atomic E-state index is -0.384. The van der Waals surface area contributed by atoms with Crippen LogP contribution in [0.1, 0.15) is 25.1 Å². The van der Waals surface area contributed by atoms with Crippen LogP contribution < -0.4 is 5.32 Å². The minimum absolute atomic E-state index is 0.172. The van der Waals surface area contributed by atoms with Gasteiger partial charge in [0.05, 0.1) is 23.6 Å². The van der Waals surface area contributed by atoms with E-state index in [1.165, 1.54) is 12.1 Å². The zero-order valence-corrected chi connectivity index (χ0v) is 11.9. The molecule has 1 N–H and O–H groups in total. The minimum Gasteiger partial charge on any atom is -0.373 e. The molecule has 5 heteroatoms. The average molecular weight is 327 g/mol. The molecular weight excluding hydrogens is 314 g/mol. The molecule has 1 aromatic carbocycles. The van der Waals surface area contributed by atoms with Crippen molar-refractivity contribution in [2.75, 3.05) is 5.32 Å². The van der Waals surface area contributed by atoms with Crippen LogP contribution >= 0.6 is 15.9 Å². The molecule has 0 saturated heterocycles. The maximum atomic E-state index is 13.8. The summed E-state index contributed by atoms with van der Waals surface area (Å²) >= 11 is 3.31. The van der Waals surface area contributed by atoms with Crippen molar-refractivity contribution in [1.82, 2.24) is 4.98 Å². The number of anilines is 1.